The average Bonchev–Trinajstić information content (AvgIpc) is 2.38. The predicted molar refractivity (Wildman–Crippen MR) is 41.8 cm³/mol. The zero-order chi connectivity index (χ0) is 7.40. The molecule has 0 bridgehead atoms. The Bertz CT molecular complexity index is 89.3. The van der Waals surface area contributed by atoms with Gasteiger partial charge in [0.15, 0.2) is 0 Å². The molecule has 1 saturated heterocycles. The fourth-order valence-corrected chi connectivity index (χ4v) is 1.50. The highest BCUT2D eigenvalue weighted by molar-refractivity contribution is 4.70. The standard InChI is InChI=1S/C8H17NO/c1-7(2-4-9)8-3-5-10-6-8/h7-8H,2-6,9H2,1H3. The summed E-state index contributed by atoms with van der Waals surface area (Å²) in [5.74, 6) is 1.54. The largest absolute Gasteiger partial charge is 0.381 e. The van der Waals surface area contributed by atoms with Crippen molar-refractivity contribution in [1.82, 2.24) is 0 Å². The van der Waals surface area contributed by atoms with Crippen LogP contribution >= 0.6 is 0 Å². The fraction of sp³-hybridized carbons (Fsp3) is 1.00. The number of rotatable bonds is 3. The monoisotopic (exact) mass is 143 g/mol. The molecule has 0 aliphatic carbocycles. The highest BCUT2D eigenvalue weighted by Gasteiger charge is 2.20. The Labute approximate surface area is 62.7 Å². The van der Waals surface area contributed by atoms with Gasteiger partial charge in [-0.05, 0) is 31.2 Å². The molecule has 60 valence electrons. The first-order chi connectivity index (χ1) is 4.84. The van der Waals surface area contributed by atoms with Crippen molar-refractivity contribution in [2.24, 2.45) is 17.6 Å². The van der Waals surface area contributed by atoms with Crippen molar-refractivity contribution in [2.45, 2.75) is 19.8 Å². The van der Waals surface area contributed by atoms with Gasteiger partial charge < -0.3 is 10.5 Å². The summed E-state index contributed by atoms with van der Waals surface area (Å²) in [6.45, 7) is 5.00. The Hall–Kier alpha value is -0.0800. The lowest BCUT2D eigenvalue weighted by Crippen LogP contribution is -2.15. The van der Waals surface area contributed by atoms with Gasteiger partial charge in [0, 0.05) is 13.2 Å². The fourth-order valence-electron chi connectivity index (χ4n) is 1.50. The molecule has 0 aromatic rings. The molecule has 0 amide bonds. The van der Waals surface area contributed by atoms with E-state index in [-0.39, 0.29) is 0 Å². The van der Waals surface area contributed by atoms with Gasteiger partial charge in [-0.25, -0.2) is 0 Å². The topological polar surface area (TPSA) is 35.2 Å². The van der Waals surface area contributed by atoms with Gasteiger partial charge >= 0.3 is 0 Å². The average molecular weight is 143 g/mol. The molecule has 1 rings (SSSR count). The molecule has 1 fully saturated rings. The summed E-state index contributed by atoms with van der Waals surface area (Å²) in [5.41, 5.74) is 5.46. The van der Waals surface area contributed by atoms with Crippen LogP contribution in [0.3, 0.4) is 0 Å². The maximum Gasteiger partial charge on any atom is 0.0497 e. The van der Waals surface area contributed by atoms with Gasteiger partial charge in [-0.15, -0.1) is 0 Å². The summed E-state index contributed by atoms with van der Waals surface area (Å²) < 4.78 is 5.28. The van der Waals surface area contributed by atoms with Crippen LogP contribution < -0.4 is 5.73 Å². The third-order valence-corrected chi connectivity index (χ3v) is 2.39. The minimum atomic E-state index is 0.757. The number of ether oxygens (including phenoxy) is 1. The van der Waals surface area contributed by atoms with Crippen LogP contribution in [0.1, 0.15) is 19.8 Å². The van der Waals surface area contributed by atoms with Crippen molar-refractivity contribution in [2.75, 3.05) is 19.8 Å². The summed E-state index contributed by atoms with van der Waals surface area (Å²) in [5, 5.41) is 0. The molecule has 0 aromatic heterocycles. The highest BCUT2D eigenvalue weighted by Crippen LogP contribution is 2.23. The van der Waals surface area contributed by atoms with Gasteiger partial charge in [0.25, 0.3) is 0 Å². The van der Waals surface area contributed by atoms with E-state index < -0.39 is 0 Å². The van der Waals surface area contributed by atoms with Crippen molar-refractivity contribution in [3.63, 3.8) is 0 Å². The molecular weight excluding hydrogens is 126 g/mol. The van der Waals surface area contributed by atoms with Crippen molar-refractivity contribution >= 4 is 0 Å². The Kier molecular flexibility index (Phi) is 3.16. The Balaban J connectivity index is 2.18. The smallest absolute Gasteiger partial charge is 0.0497 e. The third-order valence-electron chi connectivity index (χ3n) is 2.39. The SMILES string of the molecule is CC(CCN)C1CCOC1. The molecule has 0 spiro atoms. The lowest BCUT2D eigenvalue weighted by atomic mass is 9.91. The number of hydrogen-bond acceptors (Lipinski definition) is 2. The van der Waals surface area contributed by atoms with E-state index in [1.54, 1.807) is 0 Å². The van der Waals surface area contributed by atoms with E-state index in [0.29, 0.717) is 0 Å². The minimum absolute atomic E-state index is 0.757. The van der Waals surface area contributed by atoms with Crippen LogP contribution in [0.4, 0.5) is 0 Å². The van der Waals surface area contributed by atoms with Crippen LogP contribution in [0.2, 0.25) is 0 Å². The molecule has 2 N–H and O–H groups in total. The maximum atomic E-state index is 5.46. The van der Waals surface area contributed by atoms with E-state index in [2.05, 4.69) is 6.92 Å². The normalized spacial score (nSPS) is 28.8. The van der Waals surface area contributed by atoms with E-state index >= 15 is 0 Å². The maximum absolute atomic E-state index is 5.46. The highest BCUT2D eigenvalue weighted by atomic mass is 16.5. The first-order valence-electron chi connectivity index (χ1n) is 4.12. The van der Waals surface area contributed by atoms with Gasteiger partial charge in [0.1, 0.15) is 0 Å². The van der Waals surface area contributed by atoms with Crippen molar-refractivity contribution in [3.8, 4) is 0 Å². The van der Waals surface area contributed by atoms with Crippen molar-refractivity contribution in [1.29, 1.82) is 0 Å². The van der Waals surface area contributed by atoms with E-state index in [9.17, 15) is 0 Å². The molecule has 1 aliphatic heterocycles. The molecule has 1 heterocycles. The third kappa shape index (κ3) is 1.96. The van der Waals surface area contributed by atoms with Crippen LogP contribution in [0.5, 0.6) is 0 Å². The molecular formula is C8H17NO. The van der Waals surface area contributed by atoms with Crippen LogP contribution in [0.25, 0.3) is 0 Å². The molecule has 2 atom stereocenters. The number of hydrogen-bond donors (Lipinski definition) is 1. The predicted octanol–water partition coefficient (Wildman–Crippen LogP) is 1.01. The van der Waals surface area contributed by atoms with Gasteiger partial charge in [-0.3, -0.25) is 0 Å². The van der Waals surface area contributed by atoms with Gasteiger partial charge in [-0.2, -0.15) is 0 Å². The summed E-state index contributed by atoms with van der Waals surface area (Å²) >= 11 is 0. The van der Waals surface area contributed by atoms with Crippen molar-refractivity contribution < 1.29 is 4.74 Å². The van der Waals surface area contributed by atoms with E-state index in [1.807, 2.05) is 0 Å². The van der Waals surface area contributed by atoms with E-state index in [1.165, 1.54) is 6.42 Å². The second kappa shape index (κ2) is 3.94. The zero-order valence-corrected chi connectivity index (χ0v) is 6.68. The van der Waals surface area contributed by atoms with Gasteiger partial charge in [0.05, 0.1) is 0 Å². The lowest BCUT2D eigenvalue weighted by molar-refractivity contribution is 0.173. The number of nitrogens with two attached hydrogens (primary N) is 1. The first-order valence-corrected chi connectivity index (χ1v) is 4.12. The summed E-state index contributed by atoms with van der Waals surface area (Å²) in [6, 6.07) is 0. The van der Waals surface area contributed by atoms with Crippen LogP contribution in [0.15, 0.2) is 0 Å². The Morgan fingerprint density at radius 1 is 1.70 bits per heavy atom. The molecule has 0 saturated carbocycles. The molecule has 2 unspecified atom stereocenters. The van der Waals surface area contributed by atoms with Gasteiger partial charge in [0.2, 0.25) is 0 Å². The molecule has 2 nitrogen and oxygen atoms in total. The van der Waals surface area contributed by atoms with Crippen LogP contribution in [0, 0.1) is 11.8 Å². The second-order valence-electron chi connectivity index (χ2n) is 3.18. The Morgan fingerprint density at radius 2 is 2.50 bits per heavy atom. The summed E-state index contributed by atoms with van der Waals surface area (Å²) in [6.07, 6.45) is 2.38. The Morgan fingerprint density at radius 3 is 3.00 bits per heavy atom. The molecule has 0 aromatic carbocycles. The quantitative estimate of drug-likeness (QED) is 0.640. The minimum Gasteiger partial charge on any atom is -0.381 e. The first kappa shape index (κ1) is 8.02. The molecule has 2 heteroatoms. The van der Waals surface area contributed by atoms with Crippen molar-refractivity contribution in [3.05, 3.63) is 0 Å². The molecule has 10 heavy (non-hydrogen) atoms. The molecule has 0 radical (unpaired) electrons. The van der Waals surface area contributed by atoms with Crippen LogP contribution in [-0.2, 0) is 4.74 Å². The zero-order valence-electron chi connectivity index (χ0n) is 6.68. The molecule has 1 aliphatic rings. The van der Waals surface area contributed by atoms with Gasteiger partial charge in [-0.1, -0.05) is 6.92 Å². The lowest BCUT2D eigenvalue weighted by Gasteiger charge is -2.15. The second-order valence-corrected chi connectivity index (χ2v) is 3.18. The summed E-state index contributed by atoms with van der Waals surface area (Å²) in [7, 11) is 0. The van der Waals surface area contributed by atoms with E-state index in [0.717, 1.165) is 38.0 Å². The van der Waals surface area contributed by atoms with Crippen LogP contribution in [-0.4, -0.2) is 19.8 Å². The van der Waals surface area contributed by atoms with E-state index in [4.69, 9.17) is 10.5 Å². The summed E-state index contributed by atoms with van der Waals surface area (Å²) in [4.78, 5) is 0.